The maximum atomic E-state index is 12.1. The van der Waals surface area contributed by atoms with E-state index in [-0.39, 0.29) is 11.8 Å². The Labute approximate surface area is 152 Å². The zero-order valence-corrected chi connectivity index (χ0v) is 15.2. The van der Waals surface area contributed by atoms with E-state index in [0.717, 1.165) is 0 Å². The van der Waals surface area contributed by atoms with Crippen LogP contribution >= 0.6 is 0 Å². The number of benzene rings is 1. The number of hydrogen-bond donors (Lipinski definition) is 3. The van der Waals surface area contributed by atoms with E-state index in [1.165, 1.54) is 12.1 Å². The molecule has 3 amide bonds. The number of primary amides is 1. The summed E-state index contributed by atoms with van der Waals surface area (Å²) in [4.78, 5) is 46.5. The number of anilines is 1. The Morgan fingerprint density at radius 3 is 2.23 bits per heavy atom. The van der Waals surface area contributed by atoms with E-state index >= 15 is 0 Å². The first kappa shape index (κ1) is 21.1. The van der Waals surface area contributed by atoms with Crippen LogP contribution in [-0.2, 0) is 14.3 Å². The van der Waals surface area contributed by atoms with E-state index in [0.29, 0.717) is 24.1 Å². The Morgan fingerprint density at radius 1 is 1.12 bits per heavy atom. The first-order chi connectivity index (χ1) is 12.2. The molecule has 0 aliphatic carbocycles. The van der Waals surface area contributed by atoms with Crippen molar-refractivity contribution < 1.29 is 23.9 Å². The summed E-state index contributed by atoms with van der Waals surface area (Å²) in [5.74, 6) is -1.11. The van der Waals surface area contributed by atoms with E-state index in [1.54, 1.807) is 19.1 Å². The molecule has 0 fully saturated rings. The molecule has 4 N–H and O–H groups in total. The van der Waals surface area contributed by atoms with Gasteiger partial charge in [-0.05, 0) is 36.6 Å². The molecule has 0 aliphatic rings. The highest BCUT2D eigenvalue weighted by atomic mass is 16.5. The maximum absolute atomic E-state index is 12.1. The van der Waals surface area contributed by atoms with Gasteiger partial charge in [-0.1, -0.05) is 20.8 Å². The van der Waals surface area contributed by atoms with Crippen molar-refractivity contribution in [2.24, 2.45) is 11.7 Å². The molecule has 1 unspecified atom stereocenters. The molecule has 1 aromatic carbocycles. The van der Waals surface area contributed by atoms with Crippen molar-refractivity contribution in [1.29, 1.82) is 0 Å². The van der Waals surface area contributed by atoms with Gasteiger partial charge in [0.05, 0.1) is 0 Å². The molecule has 0 radical (unpaired) electrons. The van der Waals surface area contributed by atoms with Gasteiger partial charge in [-0.25, -0.2) is 9.59 Å². The average molecular weight is 363 g/mol. The minimum atomic E-state index is -0.896. The van der Waals surface area contributed by atoms with Crippen molar-refractivity contribution in [3.8, 4) is 0 Å². The van der Waals surface area contributed by atoms with Gasteiger partial charge in [0.1, 0.15) is 6.04 Å². The number of carbonyl (C=O) groups excluding carboxylic acids is 4. The fraction of sp³-hybridized carbons (Fsp3) is 0.444. The molecule has 0 aliphatic heterocycles. The van der Waals surface area contributed by atoms with E-state index in [9.17, 15) is 19.2 Å². The SMILES string of the molecule is CCC(=O)Nc1ccc(C(=O)COC(=O)C(CC(C)C)NC(N)=O)cc1. The molecule has 142 valence electrons. The molecule has 0 spiro atoms. The molecule has 0 saturated heterocycles. The van der Waals surface area contributed by atoms with E-state index in [1.807, 2.05) is 13.8 Å². The molecule has 1 atom stereocenters. The second-order valence-corrected chi connectivity index (χ2v) is 6.20. The van der Waals surface area contributed by atoms with Gasteiger partial charge in [0.2, 0.25) is 5.91 Å². The third-order valence-electron chi connectivity index (χ3n) is 3.47. The van der Waals surface area contributed by atoms with Crippen LogP contribution in [0.4, 0.5) is 10.5 Å². The summed E-state index contributed by atoms with van der Waals surface area (Å²) in [6.07, 6.45) is 0.704. The summed E-state index contributed by atoms with van der Waals surface area (Å²) in [7, 11) is 0. The third-order valence-corrected chi connectivity index (χ3v) is 3.47. The number of carbonyl (C=O) groups is 4. The Bertz CT molecular complexity index is 655. The fourth-order valence-electron chi connectivity index (χ4n) is 2.17. The van der Waals surface area contributed by atoms with Gasteiger partial charge in [-0.3, -0.25) is 9.59 Å². The third kappa shape index (κ3) is 7.33. The lowest BCUT2D eigenvalue weighted by Gasteiger charge is -2.18. The molecule has 1 rings (SSSR count). The zero-order chi connectivity index (χ0) is 19.7. The Hall–Kier alpha value is -2.90. The summed E-state index contributed by atoms with van der Waals surface area (Å²) in [6.45, 7) is 5.05. The summed E-state index contributed by atoms with van der Waals surface area (Å²) in [5, 5.41) is 4.99. The number of Topliss-reactive ketones (excluding diaryl/α,β-unsaturated/α-hetero) is 1. The molecule has 0 saturated carbocycles. The van der Waals surface area contributed by atoms with Crippen molar-refractivity contribution in [2.45, 2.75) is 39.7 Å². The van der Waals surface area contributed by atoms with Crippen LogP contribution in [0, 0.1) is 5.92 Å². The minimum absolute atomic E-state index is 0.126. The first-order valence-corrected chi connectivity index (χ1v) is 8.38. The van der Waals surface area contributed by atoms with Crippen molar-refractivity contribution in [1.82, 2.24) is 5.32 Å². The van der Waals surface area contributed by atoms with Crippen LogP contribution in [0.2, 0.25) is 0 Å². The van der Waals surface area contributed by atoms with Crippen LogP contribution in [0.1, 0.15) is 44.0 Å². The normalized spacial score (nSPS) is 11.5. The summed E-state index contributed by atoms with van der Waals surface area (Å²) in [5.41, 5.74) is 5.98. The average Bonchev–Trinajstić information content (AvgIpc) is 2.58. The highest BCUT2D eigenvalue weighted by Crippen LogP contribution is 2.11. The van der Waals surface area contributed by atoms with E-state index in [2.05, 4.69) is 10.6 Å². The van der Waals surface area contributed by atoms with Gasteiger partial charge in [0, 0.05) is 17.7 Å². The predicted octanol–water partition coefficient (Wildman–Crippen LogP) is 1.84. The van der Waals surface area contributed by atoms with Crippen LogP contribution in [-0.4, -0.2) is 36.3 Å². The van der Waals surface area contributed by atoms with Crippen molar-refractivity contribution >= 4 is 29.4 Å². The van der Waals surface area contributed by atoms with E-state index < -0.39 is 30.4 Å². The number of rotatable bonds is 9. The molecule has 0 heterocycles. The Morgan fingerprint density at radius 2 is 1.73 bits per heavy atom. The lowest BCUT2D eigenvalue weighted by molar-refractivity contribution is -0.145. The molecule has 8 heteroatoms. The molecule has 8 nitrogen and oxygen atoms in total. The zero-order valence-electron chi connectivity index (χ0n) is 15.2. The van der Waals surface area contributed by atoms with Gasteiger partial charge < -0.3 is 21.1 Å². The highest BCUT2D eigenvalue weighted by Gasteiger charge is 2.23. The number of nitrogens with two attached hydrogens (primary N) is 1. The van der Waals surface area contributed by atoms with Crippen molar-refractivity contribution in [3.05, 3.63) is 29.8 Å². The Balaban J connectivity index is 2.62. The lowest BCUT2D eigenvalue weighted by atomic mass is 10.0. The number of urea groups is 1. The molecule has 0 bridgehead atoms. The lowest BCUT2D eigenvalue weighted by Crippen LogP contribution is -2.45. The standard InChI is InChI=1S/C18H25N3O5/c1-4-16(23)20-13-7-5-12(6-8-13)15(22)10-26-17(24)14(9-11(2)3)21-18(19)25/h5-8,11,14H,4,9-10H2,1-3H3,(H,20,23)(H3,19,21,25). The first-order valence-electron chi connectivity index (χ1n) is 8.38. The predicted molar refractivity (Wildman–Crippen MR) is 96.6 cm³/mol. The highest BCUT2D eigenvalue weighted by molar-refractivity contribution is 5.99. The summed E-state index contributed by atoms with van der Waals surface area (Å²) >= 11 is 0. The number of amides is 3. The number of hydrogen-bond acceptors (Lipinski definition) is 5. The summed E-state index contributed by atoms with van der Waals surface area (Å²) in [6, 6.07) is 4.54. The van der Waals surface area contributed by atoms with Crippen LogP contribution in [0.3, 0.4) is 0 Å². The fourth-order valence-corrected chi connectivity index (χ4v) is 2.17. The van der Waals surface area contributed by atoms with Crippen LogP contribution < -0.4 is 16.4 Å². The topological polar surface area (TPSA) is 128 Å². The van der Waals surface area contributed by atoms with Crippen LogP contribution in [0.15, 0.2) is 24.3 Å². The molecular weight excluding hydrogens is 338 g/mol. The molecule has 1 aromatic rings. The minimum Gasteiger partial charge on any atom is -0.456 e. The second-order valence-electron chi connectivity index (χ2n) is 6.20. The van der Waals surface area contributed by atoms with Gasteiger partial charge in [0.25, 0.3) is 0 Å². The van der Waals surface area contributed by atoms with E-state index in [4.69, 9.17) is 10.5 Å². The molecule has 26 heavy (non-hydrogen) atoms. The largest absolute Gasteiger partial charge is 0.456 e. The van der Waals surface area contributed by atoms with Crippen LogP contribution in [0.25, 0.3) is 0 Å². The molecular formula is C18H25N3O5. The smallest absolute Gasteiger partial charge is 0.329 e. The molecule has 0 aromatic heterocycles. The monoisotopic (exact) mass is 363 g/mol. The summed E-state index contributed by atoms with van der Waals surface area (Å²) < 4.78 is 5.01. The number of esters is 1. The van der Waals surface area contributed by atoms with Crippen LogP contribution in [0.5, 0.6) is 0 Å². The maximum Gasteiger partial charge on any atom is 0.329 e. The number of ketones is 1. The van der Waals surface area contributed by atoms with Gasteiger partial charge in [-0.2, -0.15) is 0 Å². The van der Waals surface area contributed by atoms with Gasteiger partial charge >= 0.3 is 12.0 Å². The number of ether oxygens (including phenoxy) is 1. The van der Waals surface area contributed by atoms with Crippen molar-refractivity contribution in [3.63, 3.8) is 0 Å². The Kier molecular flexibility index (Phi) is 8.27. The number of nitrogens with one attached hydrogen (secondary N) is 2. The quantitative estimate of drug-likeness (QED) is 0.456. The van der Waals surface area contributed by atoms with Gasteiger partial charge in [-0.15, -0.1) is 0 Å². The second kappa shape index (κ2) is 10.2. The van der Waals surface area contributed by atoms with Crippen molar-refractivity contribution in [2.75, 3.05) is 11.9 Å². The van der Waals surface area contributed by atoms with Gasteiger partial charge in [0.15, 0.2) is 12.4 Å².